The molecule has 1 saturated heterocycles. The zero-order chi connectivity index (χ0) is 17.7. The number of amides is 2. The van der Waals surface area contributed by atoms with Crippen molar-refractivity contribution in [1.82, 2.24) is 10.2 Å². The van der Waals surface area contributed by atoms with E-state index >= 15 is 0 Å². The lowest BCUT2D eigenvalue weighted by Gasteiger charge is -2.26. The maximum atomic E-state index is 12.5. The van der Waals surface area contributed by atoms with Gasteiger partial charge in [-0.3, -0.25) is 9.59 Å². The van der Waals surface area contributed by atoms with Gasteiger partial charge in [-0.1, -0.05) is 50.6 Å². The first-order valence-corrected chi connectivity index (χ1v) is 9.62. The van der Waals surface area contributed by atoms with E-state index in [2.05, 4.69) is 30.4 Å². The third-order valence-corrected chi connectivity index (χ3v) is 4.99. The van der Waals surface area contributed by atoms with Gasteiger partial charge in [-0.2, -0.15) is 0 Å². The van der Waals surface area contributed by atoms with E-state index in [0.717, 1.165) is 6.42 Å². The smallest absolute Gasteiger partial charge is 0.243 e. The van der Waals surface area contributed by atoms with E-state index in [1.165, 1.54) is 11.1 Å². The molecule has 5 heteroatoms. The molecule has 0 aliphatic carbocycles. The summed E-state index contributed by atoms with van der Waals surface area (Å²) in [5, 5.41) is 2.99. The Morgan fingerprint density at radius 1 is 1.33 bits per heavy atom. The Balaban J connectivity index is 1.85. The van der Waals surface area contributed by atoms with Gasteiger partial charge in [0.25, 0.3) is 0 Å². The van der Waals surface area contributed by atoms with Crippen molar-refractivity contribution in [1.29, 1.82) is 0 Å². The number of rotatable bonds is 5. The molecule has 1 aliphatic heterocycles. The molecule has 1 unspecified atom stereocenters. The zero-order valence-corrected chi connectivity index (χ0v) is 15.9. The molecule has 132 valence electrons. The van der Waals surface area contributed by atoms with E-state index in [-0.39, 0.29) is 23.3 Å². The number of hydrogen-bond donors (Lipinski definition) is 1. The summed E-state index contributed by atoms with van der Waals surface area (Å²) in [7, 11) is 0. The highest BCUT2D eigenvalue weighted by Gasteiger charge is 2.35. The third kappa shape index (κ3) is 5.55. The second kappa shape index (κ2) is 8.06. The molecule has 0 spiro atoms. The molecule has 2 rings (SSSR count). The summed E-state index contributed by atoms with van der Waals surface area (Å²) >= 11 is 1.65. The molecule has 1 aliphatic rings. The molecular weight excluding hydrogens is 320 g/mol. The normalized spacial score (nSPS) is 17.8. The fraction of sp³-hybridized carbons (Fsp3) is 0.579. The molecule has 1 atom stereocenters. The predicted molar refractivity (Wildman–Crippen MR) is 99.9 cm³/mol. The number of nitrogens with zero attached hydrogens (tertiary/aromatic N) is 1. The summed E-state index contributed by atoms with van der Waals surface area (Å²) in [5.41, 5.74) is 2.39. The molecule has 0 radical (unpaired) electrons. The van der Waals surface area contributed by atoms with Gasteiger partial charge < -0.3 is 10.2 Å². The lowest BCUT2D eigenvalue weighted by Crippen LogP contribution is -2.48. The van der Waals surface area contributed by atoms with Crippen LogP contribution in [0.25, 0.3) is 0 Å². The maximum absolute atomic E-state index is 12.5. The standard InChI is InChI=1S/C19H28N2O2S/c1-14-6-5-7-15(10-14)8-9-20-18(23)16-12-24-13-21(16)17(22)11-19(2,3)4/h5-7,10,16H,8-9,11-13H2,1-4H3,(H,20,23). The molecule has 0 bridgehead atoms. The molecule has 4 nitrogen and oxygen atoms in total. The van der Waals surface area contributed by atoms with Gasteiger partial charge in [0.1, 0.15) is 6.04 Å². The number of carbonyl (C=O) groups is 2. The Labute approximate surface area is 149 Å². The highest BCUT2D eigenvalue weighted by molar-refractivity contribution is 7.99. The van der Waals surface area contributed by atoms with Crippen LogP contribution in [0.2, 0.25) is 0 Å². The summed E-state index contributed by atoms with van der Waals surface area (Å²) in [5.74, 6) is 1.35. The number of nitrogens with one attached hydrogen (secondary N) is 1. The van der Waals surface area contributed by atoms with Crippen molar-refractivity contribution in [2.24, 2.45) is 5.41 Å². The SMILES string of the molecule is Cc1cccc(CCNC(=O)C2CSCN2C(=O)CC(C)(C)C)c1. The van der Waals surface area contributed by atoms with E-state index < -0.39 is 0 Å². The van der Waals surface area contributed by atoms with Crippen molar-refractivity contribution in [3.8, 4) is 0 Å². The van der Waals surface area contributed by atoms with E-state index in [1.807, 2.05) is 26.8 Å². The Bertz CT molecular complexity index is 595. The van der Waals surface area contributed by atoms with Crippen LogP contribution in [0.4, 0.5) is 0 Å². The average molecular weight is 349 g/mol. The summed E-state index contributed by atoms with van der Waals surface area (Å²) in [6, 6.07) is 7.98. The van der Waals surface area contributed by atoms with Gasteiger partial charge >= 0.3 is 0 Å². The zero-order valence-electron chi connectivity index (χ0n) is 15.1. The van der Waals surface area contributed by atoms with E-state index in [0.29, 0.717) is 24.6 Å². The van der Waals surface area contributed by atoms with Crippen LogP contribution in [0.5, 0.6) is 0 Å². The molecule has 24 heavy (non-hydrogen) atoms. The van der Waals surface area contributed by atoms with Gasteiger partial charge in [0.05, 0.1) is 5.88 Å². The third-order valence-electron chi connectivity index (χ3n) is 3.98. The lowest BCUT2D eigenvalue weighted by atomic mass is 9.91. The van der Waals surface area contributed by atoms with Crippen LogP contribution in [0.3, 0.4) is 0 Å². The minimum Gasteiger partial charge on any atom is -0.354 e. The average Bonchev–Trinajstić information content (AvgIpc) is 2.95. The minimum atomic E-state index is -0.331. The van der Waals surface area contributed by atoms with Gasteiger partial charge in [0, 0.05) is 18.7 Å². The highest BCUT2D eigenvalue weighted by atomic mass is 32.2. The van der Waals surface area contributed by atoms with Crippen molar-refractivity contribution < 1.29 is 9.59 Å². The largest absolute Gasteiger partial charge is 0.354 e. The molecular formula is C19H28N2O2S. The van der Waals surface area contributed by atoms with Gasteiger partial charge in [0.15, 0.2) is 0 Å². The lowest BCUT2D eigenvalue weighted by molar-refractivity contribution is -0.139. The van der Waals surface area contributed by atoms with Crippen molar-refractivity contribution in [2.45, 2.75) is 46.6 Å². The second-order valence-corrected chi connectivity index (χ2v) is 8.65. The summed E-state index contributed by atoms with van der Waals surface area (Å²) < 4.78 is 0. The monoisotopic (exact) mass is 348 g/mol. The molecule has 0 saturated carbocycles. The van der Waals surface area contributed by atoms with Crippen LogP contribution >= 0.6 is 11.8 Å². The van der Waals surface area contributed by atoms with Crippen molar-refractivity contribution in [3.05, 3.63) is 35.4 Å². The van der Waals surface area contributed by atoms with Crippen LogP contribution in [0.15, 0.2) is 24.3 Å². The topological polar surface area (TPSA) is 49.4 Å². The number of hydrogen-bond acceptors (Lipinski definition) is 3. The Morgan fingerprint density at radius 3 is 2.75 bits per heavy atom. The van der Waals surface area contributed by atoms with Crippen LogP contribution in [0, 0.1) is 12.3 Å². The highest BCUT2D eigenvalue weighted by Crippen LogP contribution is 2.26. The van der Waals surface area contributed by atoms with Crippen molar-refractivity contribution in [2.75, 3.05) is 18.2 Å². The van der Waals surface area contributed by atoms with Gasteiger partial charge in [-0.25, -0.2) is 0 Å². The molecule has 1 aromatic rings. The molecule has 1 aromatic carbocycles. The molecule has 1 fully saturated rings. The van der Waals surface area contributed by atoms with Crippen LogP contribution in [-0.2, 0) is 16.0 Å². The van der Waals surface area contributed by atoms with Gasteiger partial charge in [0.2, 0.25) is 11.8 Å². The Hall–Kier alpha value is -1.49. The summed E-state index contributed by atoms with van der Waals surface area (Å²) in [6.07, 6.45) is 1.28. The number of carbonyl (C=O) groups excluding carboxylic acids is 2. The predicted octanol–water partition coefficient (Wildman–Crippen LogP) is 2.99. The number of aryl methyl sites for hydroxylation is 1. The molecule has 0 aromatic heterocycles. The van der Waals surface area contributed by atoms with E-state index in [1.54, 1.807) is 16.7 Å². The van der Waals surface area contributed by atoms with Crippen LogP contribution in [-0.4, -0.2) is 40.9 Å². The number of thioether (sulfide) groups is 1. The Kier molecular flexibility index (Phi) is 6.33. The fourth-order valence-electron chi connectivity index (χ4n) is 2.78. The first-order valence-electron chi connectivity index (χ1n) is 8.47. The summed E-state index contributed by atoms with van der Waals surface area (Å²) in [6.45, 7) is 8.81. The second-order valence-electron chi connectivity index (χ2n) is 7.65. The van der Waals surface area contributed by atoms with Crippen LogP contribution < -0.4 is 5.32 Å². The Morgan fingerprint density at radius 2 is 2.08 bits per heavy atom. The van der Waals surface area contributed by atoms with Crippen molar-refractivity contribution in [3.63, 3.8) is 0 Å². The van der Waals surface area contributed by atoms with Gasteiger partial charge in [-0.15, -0.1) is 11.8 Å². The quantitative estimate of drug-likeness (QED) is 0.890. The van der Waals surface area contributed by atoms with E-state index in [9.17, 15) is 9.59 Å². The molecule has 2 amide bonds. The van der Waals surface area contributed by atoms with E-state index in [4.69, 9.17) is 0 Å². The number of benzene rings is 1. The van der Waals surface area contributed by atoms with Crippen LogP contribution in [0.1, 0.15) is 38.3 Å². The fourth-order valence-corrected chi connectivity index (χ4v) is 3.96. The summed E-state index contributed by atoms with van der Waals surface area (Å²) in [4.78, 5) is 26.6. The maximum Gasteiger partial charge on any atom is 0.243 e. The first kappa shape index (κ1) is 18.8. The van der Waals surface area contributed by atoms with Gasteiger partial charge in [-0.05, 0) is 24.3 Å². The first-order chi connectivity index (χ1) is 11.3. The molecule has 1 heterocycles. The molecule has 1 N–H and O–H groups in total. The van der Waals surface area contributed by atoms with Crippen molar-refractivity contribution >= 4 is 23.6 Å². The minimum absolute atomic E-state index is 0.0325.